The molecular formula is C16H18N4O4S. The Labute approximate surface area is 145 Å². The van der Waals surface area contributed by atoms with Crippen LogP contribution in [0, 0.1) is 0 Å². The number of nitrogens with one attached hydrogen (secondary N) is 3. The van der Waals surface area contributed by atoms with Gasteiger partial charge >= 0.3 is 0 Å². The van der Waals surface area contributed by atoms with E-state index in [-0.39, 0.29) is 24.9 Å². The van der Waals surface area contributed by atoms with Crippen molar-refractivity contribution >= 4 is 27.5 Å². The molecule has 2 rings (SSSR count). The molecule has 0 aliphatic carbocycles. The lowest BCUT2D eigenvalue weighted by Crippen LogP contribution is -2.34. The van der Waals surface area contributed by atoms with E-state index in [2.05, 4.69) is 20.3 Å². The Bertz CT molecular complexity index is 836. The molecule has 0 radical (unpaired) electrons. The Morgan fingerprint density at radius 1 is 0.880 bits per heavy atom. The maximum Gasteiger partial charge on any atom is 0.251 e. The number of benzene rings is 1. The van der Waals surface area contributed by atoms with Crippen LogP contribution in [0.5, 0.6) is 0 Å². The number of amides is 2. The first kappa shape index (κ1) is 18.4. The van der Waals surface area contributed by atoms with Gasteiger partial charge in [0.05, 0.1) is 6.26 Å². The number of pyridine rings is 1. The van der Waals surface area contributed by atoms with Crippen LogP contribution in [0.1, 0.15) is 20.7 Å². The molecule has 3 N–H and O–H groups in total. The Morgan fingerprint density at radius 3 is 1.84 bits per heavy atom. The third-order valence-electron chi connectivity index (χ3n) is 3.09. The number of nitrogens with zero attached hydrogens (tertiary/aromatic N) is 1. The van der Waals surface area contributed by atoms with Gasteiger partial charge in [-0.3, -0.25) is 19.3 Å². The summed E-state index contributed by atoms with van der Waals surface area (Å²) in [5.41, 5.74) is 1.26. The molecule has 0 saturated heterocycles. The van der Waals surface area contributed by atoms with Gasteiger partial charge in [-0.1, -0.05) is 0 Å². The highest BCUT2D eigenvalue weighted by Gasteiger charge is 2.07. The number of carbonyl (C=O) groups excluding carboxylic acids is 2. The van der Waals surface area contributed by atoms with Crippen LogP contribution < -0.4 is 15.4 Å². The molecule has 132 valence electrons. The third kappa shape index (κ3) is 6.22. The van der Waals surface area contributed by atoms with Crippen LogP contribution in [0.3, 0.4) is 0 Å². The van der Waals surface area contributed by atoms with Crippen molar-refractivity contribution in [2.45, 2.75) is 0 Å². The lowest BCUT2D eigenvalue weighted by Gasteiger charge is -2.08. The number of anilines is 1. The first-order valence-corrected chi connectivity index (χ1v) is 9.28. The summed E-state index contributed by atoms with van der Waals surface area (Å²) in [6.45, 7) is 0.541. The lowest BCUT2D eigenvalue weighted by molar-refractivity contribution is 0.0927. The molecule has 0 aliphatic rings. The van der Waals surface area contributed by atoms with Gasteiger partial charge in [0.25, 0.3) is 11.8 Å². The SMILES string of the molecule is CS(=O)(=O)Nc1ccc(C(=O)NCCNC(=O)c2ccncc2)cc1. The predicted octanol–water partition coefficient (Wildman–Crippen LogP) is 0.613. The molecule has 0 bridgehead atoms. The van der Waals surface area contributed by atoms with E-state index < -0.39 is 10.0 Å². The summed E-state index contributed by atoms with van der Waals surface area (Å²) >= 11 is 0. The molecular weight excluding hydrogens is 344 g/mol. The Morgan fingerprint density at radius 2 is 1.36 bits per heavy atom. The van der Waals surface area contributed by atoms with Crippen LogP contribution in [-0.2, 0) is 10.0 Å². The monoisotopic (exact) mass is 362 g/mol. The predicted molar refractivity (Wildman–Crippen MR) is 93.8 cm³/mol. The zero-order valence-corrected chi connectivity index (χ0v) is 14.3. The first-order chi connectivity index (χ1) is 11.8. The third-order valence-corrected chi connectivity index (χ3v) is 3.70. The van der Waals surface area contributed by atoms with Crippen molar-refractivity contribution in [3.8, 4) is 0 Å². The molecule has 1 aromatic carbocycles. The minimum Gasteiger partial charge on any atom is -0.350 e. The van der Waals surface area contributed by atoms with E-state index in [1.807, 2.05) is 0 Å². The summed E-state index contributed by atoms with van der Waals surface area (Å²) in [5, 5.41) is 5.35. The molecule has 1 heterocycles. The second kappa shape index (κ2) is 8.25. The van der Waals surface area contributed by atoms with E-state index in [1.54, 1.807) is 12.1 Å². The van der Waals surface area contributed by atoms with Crippen LogP contribution in [0.4, 0.5) is 5.69 Å². The maximum absolute atomic E-state index is 12.0. The Balaban J connectivity index is 1.77. The summed E-state index contributed by atoms with van der Waals surface area (Å²) < 4.78 is 24.6. The van der Waals surface area contributed by atoms with Crippen molar-refractivity contribution in [2.75, 3.05) is 24.1 Å². The quantitative estimate of drug-likeness (QED) is 0.624. The average Bonchev–Trinajstić information content (AvgIpc) is 2.58. The van der Waals surface area contributed by atoms with E-state index >= 15 is 0 Å². The molecule has 9 heteroatoms. The van der Waals surface area contributed by atoms with Gasteiger partial charge in [-0.25, -0.2) is 8.42 Å². The second-order valence-corrected chi connectivity index (χ2v) is 6.95. The van der Waals surface area contributed by atoms with Crippen LogP contribution in [0.15, 0.2) is 48.8 Å². The fraction of sp³-hybridized carbons (Fsp3) is 0.188. The largest absolute Gasteiger partial charge is 0.350 e. The zero-order valence-electron chi connectivity index (χ0n) is 13.5. The summed E-state index contributed by atoms with van der Waals surface area (Å²) in [6.07, 6.45) is 4.10. The van der Waals surface area contributed by atoms with Crippen molar-refractivity contribution in [1.29, 1.82) is 0 Å². The van der Waals surface area contributed by atoms with Gasteiger partial charge in [-0.15, -0.1) is 0 Å². The van der Waals surface area contributed by atoms with Crippen molar-refractivity contribution in [2.24, 2.45) is 0 Å². The summed E-state index contributed by atoms with van der Waals surface area (Å²) in [4.78, 5) is 27.6. The molecule has 0 saturated carbocycles. The van der Waals surface area contributed by atoms with Gasteiger partial charge in [0.2, 0.25) is 10.0 Å². The molecule has 0 fully saturated rings. The molecule has 8 nitrogen and oxygen atoms in total. The summed E-state index contributed by atoms with van der Waals surface area (Å²) in [6, 6.07) is 9.22. The minimum absolute atomic E-state index is 0.243. The van der Waals surface area contributed by atoms with E-state index in [4.69, 9.17) is 0 Å². The molecule has 1 aromatic heterocycles. The van der Waals surface area contributed by atoms with Crippen molar-refractivity contribution in [1.82, 2.24) is 15.6 Å². The van der Waals surface area contributed by atoms with Crippen LogP contribution in [-0.4, -0.2) is 44.6 Å². The van der Waals surface area contributed by atoms with Gasteiger partial charge in [0, 0.05) is 42.3 Å². The number of hydrogen-bond donors (Lipinski definition) is 3. The Hall–Kier alpha value is -2.94. The normalized spacial score (nSPS) is 10.8. The lowest BCUT2D eigenvalue weighted by atomic mass is 10.2. The maximum atomic E-state index is 12.0. The zero-order chi connectivity index (χ0) is 18.3. The standard InChI is InChI=1S/C16H18N4O4S/c1-25(23,24)20-14-4-2-12(3-5-14)15(21)18-10-11-19-16(22)13-6-8-17-9-7-13/h2-9,20H,10-11H2,1H3,(H,18,21)(H,19,22). The fourth-order valence-electron chi connectivity index (χ4n) is 1.96. The molecule has 0 spiro atoms. The Kier molecular flexibility index (Phi) is 6.07. The number of rotatable bonds is 7. The van der Waals surface area contributed by atoms with Crippen molar-refractivity contribution < 1.29 is 18.0 Å². The minimum atomic E-state index is -3.35. The number of carbonyl (C=O) groups is 2. The number of aromatic nitrogens is 1. The molecule has 2 aromatic rings. The fourth-order valence-corrected chi connectivity index (χ4v) is 2.53. The van der Waals surface area contributed by atoms with Gasteiger partial charge in [0.15, 0.2) is 0 Å². The van der Waals surface area contributed by atoms with E-state index in [9.17, 15) is 18.0 Å². The highest BCUT2D eigenvalue weighted by molar-refractivity contribution is 7.92. The average molecular weight is 362 g/mol. The summed E-state index contributed by atoms with van der Waals surface area (Å²) in [7, 11) is -3.35. The van der Waals surface area contributed by atoms with Crippen molar-refractivity contribution in [3.05, 3.63) is 59.9 Å². The van der Waals surface area contributed by atoms with Crippen LogP contribution in [0.25, 0.3) is 0 Å². The molecule has 0 aliphatic heterocycles. The molecule has 0 unspecified atom stereocenters. The molecule has 0 atom stereocenters. The second-order valence-electron chi connectivity index (χ2n) is 5.20. The smallest absolute Gasteiger partial charge is 0.251 e. The number of sulfonamides is 1. The van der Waals surface area contributed by atoms with Gasteiger partial charge in [-0.2, -0.15) is 0 Å². The summed E-state index contributed by atoms with van der Waals surface area (Å²) in [5.74, 6) is -0.558. The van der Waals surface area contributed by atoms with Gasteiger partial charge in [-0.05, 0) is 36.4 Å². The molecule has 2 amide bonds. The van der Waals surface area contributed by atoms with E-state index in [1.165, 1.54) is 36.7 Å². The first-order valence-electron chi connectivity index (χ1n) is 7.39. The highest BCUT2D eigenvalue weighted by Crippen LogP contribution is 2.10. The van der Waals surface area contributed by atoms with Gasteiger partial charge < -0.3 is 10.6 Å². The van der Waals surface area contributed by atoms with Crippen LogP contribution in [0.2, 0.25) is 0 Å². The molecule has 25 heavy (non-hydrogen) atoms. The van der Waals surface area contributed by atoms with E-state index in [0.29, 0.717) is 16.8 Å². The van der Waals surface area contributed by atoms with Crippen LogP contribution >= 0.6 is 0 Å². The topological polar surface area (TPSA) is 117 Å². The number of hydrogen-bond acceptors (Lipinski definition) is 5. The van der Waals surface area contributed by atoms with Crippen molar-refractivity contribution in [3.63, 3.8) is 0 Å². The highest BCUT2D eigenvalue weighted by atomic mass is 32.2. The van der Waals surface area contributed by atoms with Gasteiger partial charge in [0.1, 0.15) is 0 Å². The van der Waals surface area contributed by atoms with E-state index in [0.717, 1.165) is 6.26 Å².